The van der Waals surface area contributed by atoms with Gasteiger partial charge in [0, 0.05) is 116 Å². The molecule has 0 fully saturated rings. The molecule has 0 bridgehead atoms. The van der Waals surface area contributed by atoms with Crippen molar-refractivity contribution >= 4 is 10.9 Å². The quantitative estimate of drug-likeness (QED) is 0.103. The molecule has 4 aromatic rings. The minimum Gasteiger partial charge on any atom is -0.379 e. The minimum atomic E-state index is -0.488. The van der Waals surface area contributed by atoms with E-state index in [1.807, 2.05) is 6.20 Å². The van der Waals surface area contributed by atoms with Gasteiger partial charge in [-0.15, -0.1) is 0 Å². The first-order valence-corrected chi connectivity index (χ1v) is 21.4. The molecule has 2 unspecified atom stereocenters. The van der Waals surface area contributed by atoms with Crippen LogP contribution in [0.1, 0.15) is 78.4 Å². The third-order valence-corrected chi connectivity index (χ3v) is 12.9. The number of aromatic nitrogens is 3. The van der Waals surface area contributed by atoms with E-state index < -0.39 is 6.23 Å². The predicted octanol–water partition coefficient (Wildman–Crippen LogP) is 7.31. The van der Waals surface area contributed by atoms with Crippen LogP contribution < -0.4 is 5.32 Å². The number of aryl methyl sites for hydroxylation is 5. The molecule has 6 heterocycles. The zero-order chi connectivity index (χ0) is 38.6. The van der Waals surface area contributed by atoms with E-state index in [9.17, 15) is 5.11 Å². The fourth-order valence-corrected chi connectivity index (χ4v) is 9.65. The average molecular weight is 754 g/mol. The van der Waals surface area contributed by atoms with Crippen molar-refractivity contribution in [1.82, 2.24) is 34.6 Å². The number of allylic oxidation sites excluding steroid dienone is 4. The molecule has 0 spiro atoms. The molecule has 0 saturated heterocycles. The number of rotatable bonds is 14. The number of benzene rings is 1. The van der Waals surface area contributed by atoms with Crippen molar-refractivity contribution in [3.63, 3.8) is 0 Å². The number of aliphatic hydroxyl groups excluding tert-OH is 1. The first kappa shape index (κ1) is 38.8. The Bertz CT molecular complexity index is 2070. The van der Waals surface area contributed by atoms with E-state index >= 15 is 0 Å². The molecule has 0 amide bonds. The van der Waals surface area contributed by atoms with Crippen LogP contribution in [0.2, 0.25) is 0 Å². The van der Waals surface area contributed by atoms with Gasteiger partial charge in [-0.05, 0) is 138 Å². The largest absolute Gasteiger partial charge is 0.379 e. The zero-order valence-corrected chi connectivity index (χ0v) is 34.4. The Morgan fingerprint density at radius 1 is 0.821 bits per heavy atom. The molecule has 56 heavy (non-hydrogen) atoms. The van der Waals surface area contributed by atoms with E-state index in [2.05, 4.69) is 118 Å². The number of pyridine rings is 2. The smallest absolute Gasteiger partial charge is 0.106 e. The van der Waals surface area contributed by atoms with Crippen molar-refractivity contribution in [2.24, 2.45) is 5.92 Å². The fourth-order valence-electron chi connectivity index (χ4n) is 9.65. The summed E-state index contributed by atoms with van der Waals surface area (Å²) in [5, 5.41) is 15.7. The van der Waals surface area contributed by atoms with Crippen molar-refractivity contribution in [2.45, 2.75) is 97.8 Å². The summed E-state index contributed by atoms with van der Waals surface area (Å²) < 4.78 is 2.59. The van der Waals surface area contributed by atoms with Gasteiger partial charge in [-0.2, -0.15) is 0 Å². The highest BCUT2D eigenvalue weighted by Gasteiger charge is 2.37. The molecular weight excluding hydrogens is 691 g/mol. The lowest BCUT2D eigenvalue weighted by Gasteiger charge is -2.30. The Labute approximate surface area is 335 Å². The average Bonchev–Trinajstić information content (AvgIpc) is 3.42. The van der Waals surface area contributed by atoms with Crippen LogP contribution in [-0.4, -0.2) is 93.4 Å². The molecule has 8 nitrogen and oxygen atoms in total. The number of nitrogens with zero attached hydrogens (tertiary/aromatic N) is 6. The molecule has 2 N–H and O–H groups in total. The van der Waals surface area contributed by atoms with E-state index in [-0.39, 0.29) is 0 Å². The Kier molecular flexibility index (Phi) is 12.2. The molecule has 8 heteroatoms. The molecule has 2 atom stereocenters. The second kappa shape index (κ2) is 17.6. The lowest BCUT2D eigenvalue weighted by Crippen LogP contribution is -2.36. The van der Waals surface area contributed by atoms with Crippen molar-refractivity contribution < 1.29 is 5.11 Å². The molecule has 0 radical (unpaired) electrons. The monoisotopic (exact) mass is 754 g/mol. The van der Waals surface area contributed by atoms with E-state index in [4.69, 9.17) is 4.98 Å². The van der Waals surface area contributed by atoms with Crippen LogP contribution in [0.3, 0.4) is 0 Å². The first-order chi connectivity index (χ1) is 27.3. The SMILES string of the molecule is CC1=CC=C2C(C1)C1=C(CCN(CCC(O)NCCCc3ccc(CCn4c5c(c6cc(C)ccc64)CCN(C)CC5)cn3)CC1)N2CCc1ccc(C)nc1. The number of nitrogens with one attached hydrogen (secondary N) is 1. The van der Waals surface area contributed by atoms with E-state index in [0.717, 1.165) is 128 Å². The highest BCUT2D eigenvalue weighted by atomic mass is 16.3. The van der Waals surface area contributed by atoms with Gasteiger partial charge in [0.25, 0.3) is 0 Å². The highest BCUT2D eigenvalue weighted by molar-refractivity contribution is 5.86. The summed E-state index contributed by atoms with van der Waals surface area (Å²) >= 11 is 0. The molecule has 0 saturated carbocycles. The first-order valence-electron chi connectivity index (χ1n) is 21.4. The maximum Gasteiger partial charge on any atom is 0.106 e. The maximum atomic E-state index is 10.9. The van der Waals surface area contributed by atoms with Gasteiger partial charge in [0.05, 0.1) is 0 Å². The maximum absolute atomic E-state index is 10.9. The van der Waals surface area contributed by atoms with Crippen LogP contribution in [0.15, 0.2) is 89.6 Å². The summed E-state index contributed by atoms with van der Waals surface area (Å²) in [6.07, 6.45) is 18.5. The van der Waals surface area contributed by atoms with Crippen LogP contribution in [0.5, 0.6) is 0 Å². The van der Waals surface area contributed by atoms with Crippen LogP contribution in [0.25, 0.3) is 10.9 Å². The minimum absolute atomic E-state index is 0.488. The van der Waals surface area contributed by atoms with Crippen LogP contribution in [-0.2, 0) is 38.6 Å². The zero-order valence-electron chi connectivity index (χ0n) is 34.4. The van der Waals surface area contributed by atoms with Gasteiger partial charge in [-0.1, -0.05) is 35.4 Å². The van der Waals surface area contributed by atoms with E-state index in [0.29, 0.717) is 5.92 Å². The molecule has 8 rings (SSSR count). The second-order valence-corrected chi connectivity index (χ2v) is 17.1. The van der Waals surface area contributed by atoms with Gasteiger partial charge >= 0.3 is 0 Å². The number of hydrogen-bond donors (Lipinski definition) is 2. The lowest BCUT2D eigenvalue weighted by atomic mass is 9.86. The second-order valence-electron chi connectivity index (χ2n) is 17.1. The highest BCUT2D eigenvalue weighted by Crippen LogP contribution is 2.46. The normalized spacial score (nSPS) is 19.7. The summed E-state index contributed by atoms with van der Waals surface area (Å²) in [6.45, 7) is 14.6. The lowest BCUT2D eigenvalue weighted by molar-refractivity contribution is 0.110. The topological polar surface area (TPSA) is 72.7 Å². The summed E-state index contributed by atoms with van der Waals surface area (Å²) in [5.74, 6) is 0.525. The molecule has 1 aromatic carbocycles. The van der Waals surface area contributed by atoms with Gasteiger partial charge in [0.2, 0.25) is 0 Å². The summed E-state index contributed by atoms with van der Waals surface area (Å²) in [7, 11) is 2.25. The third-order valence-electron chi connectivity index (χ3n) is 12.9. The van der Waals surface area contributed by atoms with Gasteiger partial charge < -0.3 is 24.4 Å². The Morgan fingerprint density at radius 2 is 1.62 bits per heavy atom. The Morgan fingerprint density at radius 3 is 2.45 bits per heavy atom. The number of fused-ring (bicyclic) bond motifs is 5. The third kappa shape index (κ3) is 8.89. The van der Waals surface area contributed by atoms with Gasteiger partial charge in [-0.3, -0.25) is 15.3 Å². The van der Waals surface area contributed by atoms with Crippen molar-refractivity contribution in [1.29, 1.82) is 0 Å². The number of aliphatic hydroxyl groups is 1. The molecule has 3 aliphatic heterocycles. The molecule has 296 valence electrons. The predicted molar refractivity (Wildman–Crippen MR) is 228 cm³/mol. The van der Waals surface area contributed by atoms with E-state index in [1.54, 1.807) is 16.8 Å². The Balaban J connectivity index is 0.772. The standard InChI is InChI=1S/C48H63N7O/c1-34-7-13-44-42(30-34)40-17-23-52(4)24-19-46(40)54(44)29-16-38-11-12-39(51-33-38)6-5-22-49-48(56)21-27-53-25-18-41-43-31-35(2)8-14-45(43)55(47(41)20-26-53)28-15-37-10-9-36(3)50-32-37/h7-14,30,32-33,43,48-49,56H,5-6,15-29,31H2,1-4H3. The van der Waals surface area contributed by atoms with Crippen LogP contribution in [0, 0.1) is 19.8 Å². The number of hydrogen-bond acceptors (Lipinski definition) is 7. The van der Waals surface area contributed by atoms with Gasteiger partial charge in [-0.25, -0.2) is 0 Å². The van der Waals surface area contributed by atoms with Gasteiger partial charge in [0.1, 0.15) is 6.23 Å². The number of likely N-dealkylation sites (N-methyl/N-ethyl adjacent to an activating group) is 1. The van der Waals surface area contributed by atoms with Gasteiger partial charge in [0.15, 0.2) is 0 Å². The fraction of sp³-hybridized carbons (Fsp3) is 0.500. The molecule has 1 aliphatic carbocycles. The summed E-state index contributed by atoms with van der Waals surface area (Å²) in [6, 6.07) is 15.8. The summed E-state index contributed by atoms with van der Waals surface area (Å²) in [5.41, 5.74) is 16.8. The summed E-state index contributed by atoms with van der Waals surface area (Å²) in [4.78, 5) is 17.1. The van der Waals surface area contributed by atoms with Crippen LogP contribution >= 0.6 is 0 Å². The van der Waals surface area contributed by atoms with Crippen molar-refractivity contribution in [3.8, 4) is 0 Å². The van der Waals surface area contributed by atoms with Crippen molar-refractivity contribution in [3.05, 3.63) is 129 Å². The molecule has 3 aromatic heterocycles. The van der Waals surface area contributed by atoms with E-state index in [1.165, 1.54) is 44.6 Å². The molecular formula is C48H63N7O. The molecule has 4 aliphatic rings. The van der Waals surface area contributed by atoms with Crippen molar-refractivity contribution in [2.75, 3.05) is 52.9 Å². The van der Waals surface area contributed by atoms with Crippen LogP contribution in [0.4, 0.5) is 0 Å². The Hall–Kier alpha value is -4.08.